The van der Waals surface area contributed by atoms with E-state index in [9.17, 15) is 13.2 Å². The molecule has 1 aromatic carbocycles. The molecule has 2 aromatic rings. The minimum atomic E-state index is -3.61. The summed E-state index contributed by atoms with van der Waals surface area (Å²) in [5, 5.41) is 0.193. The number of nitrogens with one attached hydrogen (secondary N) is 1. The third-order valence-electron chi connectivity index (χ3n) is 3.49. The second-order valence-corrected chi connectivity index (χ2v) is 7.46. The SMILES string of the molecule is COCCNS(=O)(=O)c1ccc(CC(=O)c2cc(Cl)ncn2)c(C)c1. The fourth-order valence-electron chi connectivity index (χ4n) is 2.14. The zero-order valence-corrected chi connectivity index (χ0v) is 15.4. The zero-order valence-electron chi connectivity index (χ0n) is 13.8. The highest BCUT2D eigenvalue weighted by molar-refractivity contribution is 7.89. The van der Waals surface area contributed by atoms with Gasteiger partial charge in [-0.2, -0.15) is 0 Å². The minimum Gasteiger partial charge on any atom is -0.383 e. The van der Waals surface area contributed by atoms with E-state index in [1.54, 1.807) is 13.0 Å². The van der Waals surface area contributed by atoms with Crippen molar-refractivity contribution in [3.63, 3.8) is 0 Å². The molecule has 1 aromatic heterocycles. The van der Waals surface area contributed by atoms with Gasteiger partial charge in [-0.3, -0.25) is 4.79 Å². The Labute approximate surface area is 151 Å². The summed E-state index contributed by atoms with van der Waals surface area (Å²) >= 11 is 5.76. The van der Waals surface area contributed by atoms with Crippen molar-refractivity contribution in [1.82, 2.24) is 14.7 Å². The summed E-state index contributed by atoms with van der Waals surface area (Å²) in [7, 11) is -2.12. The number of rotatable bonds is 8. The molecule has 9 heteroatoms. The lowest BCUT2D eigenvalue weighted by Crippen LogP contribution is -2.27. The largest absolute Gasteiger partial charge is 0.383 e. The van der Waals surface area contributed by atoms with Crippen molar-refractivity contribution in [3.8, 4) is 0 Å². The molecule has 1 N–H and O–H groups in total. The summed E-state index contributed by atoms with van der Waals surface area (Å²) < 4.78 is 31.6. The number of nitrogens with zero attached hydrogens (tertiary/aromatic N) is 2. The number of hydrogen-bond acceptors (Lipinski definition) is 6. The predicted octanol–water partition coefficient (Wildman–Crippen LogP) is 1.79. The highest BCUT2D eigenvalue weighted by Crippen LogP contribution is 2.17. The summed E-state index contributed by atoms with van der Waals surface area (Å²) in [6.45, 7) is 2.22. The van der Waals surface area contributed by atoms with Crippen molar-refractivity contribution in [1.29, 1.82) is 0 Å². The van der Waals surface area contributed by atoms with Crippen LogP contribution in [-0.2, 0) is 21.2 Å². The van der Waals surface area contributed by atoms with Crippen LogP contribution in [0, 0.1) is 6.92 Å². The molecule has 0 saturated carbocycles. The average Bonchev–Trinajstić information content (AvgIpc) is 2.56. The second-order valence-electron chi connectivity index (χ2n) is 5.30. The second kappa shape index (κ2) is 8.48. The Bertz CT molecular complexity index is 871. The first-order chi connectivity index (χ1) is 11.8. The molecule has 0 fully saturated rings. The molecule has 0 aliphatic carbocycles. The maximum Gasteiger partial charge on any atom is 0.240 e. The molecule has 0 aliphatic rings. The predicted molar refractivity (Wildman–Crippen MR) is 93.3 cm³/mol. The topological polar surface area (TPSA) is 98.2 Å². The maximum absolute atomic E-state index is 12.3. The van der Waals surface area contributed by atoms with Gasteiger partial charge in [0.15, 0.2) is 5.78 Å². The Morgan fingerprint density at radius 3 is 2.68 bits per heavy atom. The van der Waals surface area contributed by atoms with Gasteiger partial charge in [0, 0.05) is 26.1 Å². The van der Waals surface area contributed by atoms with Gasteiger partial charge in [0.2, 0.25) is 10.0 Å². The first-order valence-corrected chi connectivity index (χ1v) is 9.28. The van der Waals surface area contributed by atoms with Gasteiger partial charge >= 0.3 is 0 Å². The van der Waals surface area contributed by atoms with Crippen molar-refractivity contribution in [3.05, 3.63) is 52.6 Å². The summed E-state index contributed by atoms with van der Waals surface area (Å²) in [6, 6.07) is 6.03. The summed E-state index contributed by atoms with van der Waals surface area (Å²) in [6.07, 6.45) is 1.32. The van der Waals surface area contributed by atoms with E-state index < -0.39 is 10.0 Å². The van der Waals surface area contributed by atoms with Gasteiger partial charge in [-0.25, -0.2) is 23.1 Å². The maximum atomic E-state index is 12.3. The van der Waals surface area contributed by atoms with Crippen LogP contribution < -0.4 is 4.72 Å². The van der Waals surface area contributed by atoms with E-state index in [-0.39, 0.29) is 41.1 Å². The minimum absolute atomic E-state index is 0.0939. The Hall–Kier alpha value is -1.87. The number of aromatic nitrogens is 2. The van der Waals surface area contributed by atoms with E-state index in [0.717, 1.165) is 5.56 Å². The Morgan fingerprint density at radius 2 is 2.04 bits per heavy atom. The Morgan fingerprint density at radius 1 is 1.28 bits per heavy atom. The van der Waals surface area contributed by atoms with E-state index in [1.807, 2.05) is 0 Å². The zero-order chi connectivity index (χ0) is 18.4. The summed E-state index contributed by atoms with van der Waals surface area (Å²) in [5.41, 5.74) is 1.64. The van der Waals surface area contributed by atoms with E-state index in [0.29, 0.717) is 5.56 Å². The number of benzene rings is 1. The molecule has 25 heavy (non-hydrogen) atoms. The number of methoxy groups -OCH3 is 1. The molecule has 0 bridgehead atoms. The molecule has 0 radical (unpaired) electrons. The van der Waals surface area contributed by atoms with Gasteiger partial charge in [0.25, 0.3) is 0 Å². The molecule has 0 atom stereocenters. The highest BCUT2D eigenvalue weighted by Gasteiger charge is 2.16. The van der Waals surface area contributed by atoms with Crippen LogP contribution >= 0.6 is 11.6 Å². The van der Waals surface area contributed by atoms with Crippen molar-refractivity contribution < 1.29 is 17.9 Å². The van der Waals surface area contributed by atoms with Gasteiger partial charge in [-0.15, -0.1) is 0 Å². The quantitative estimate of drug-likeness (QED) is 0.424. The van der Waals surface area contributed by atoms with E-state index in [1.165, 1.54) is 31.6 Å². The molecule has 1 heterocycles. The Balaban J connectivity index is 2.15. The lowest BCUT2D eigenvalue weighted by atomic mass is 10.0. The first-order valence-electron chi connectivity index (χ1n) is 7.42. The van der Waals surface area contributed by atoms with Gasteiger partial charge in [-0.1, -0.05) is 17.7 Å². The summed E-state index contributed by atoms with van der Waals surface area (Å²) in [4.78, 5) is 20.1. The molecule has 0 aliphatic heterocycles. The van der Waals surface area contributed by atoms with Gasteiger partial charge in [-0.05, 0) is 30.2 Å². The number of hydrogen-bond donors (Lipinski definition) is 1. The lowest BCUT2D eigenvalue weighted by Gasteiger charge is -2.10. The van der Waals surface area contributed by atoms with E-state index in [2.05, 4.69) is 14.7 Å². The molecule has 134 valence electrons. The Kier molecular flexibility index (Phi) is 6.60. The van der Waals surface area contributed by atoms with Crippen LogP contribution in [0.4, 0.5) is 0 Å². The smallest absolute Gasteiger partial charge is 0.240 e. The first kappa shape index (κ1) is 19.5. The van der Waals surface area contributed by atoms with Gasteiger partial charge in [0.05, 0.1) is 11.5 Å². The number of carbonyl (C=O) groups is 1. The monoisotopic (exact) mass is 383 g/mol. The van der Waals surface area contributed by atoms with Crippen LogP contribution in [0.1, 0.15) is 21.6 Å². The van der Waals surface area contributed by atoms with Crippen LogP contribution in [-0.4, -0.2) is 44.4 Å². The number of halogens is 1. The highest BCUT2D eigenvalue weighted by atomic mass is 35.5. The van der Waals surface area contributed by atoms with Crippen molar-refractivity contribution in [2.75, 3.05) is 20.3 Å². The molecule has 0 amide bonds. The van der Waals surface area contributed by atoms with Gasteiger partial charge in [0.1, 0.15) is 17.2 Å². The molecule has 7 nitrogen and oxygen atoms in total. The van der Waals surface area contributed by atoms with Crippen LogP contribution in [0.25, 0.3) is 0 Å². The molecular weight excluding hydrogens is 366 g/mol. The number of sulfonamides is 1. The molecule has 0 saturated heterocycles. The number of ketones is 1. The van der Waals surface area contributed by atoms with E-state index >= 15 is 0 Å². The molecule has 0 spiro atoms. The molecule has 2 rings (SSSR count). The fraction of sp³-hybridized carbons (Fsp3) is 0.312. The molecule has 0 unspecified atom stereocenters. The molecular formula is C16H18ClN3O4S. The number of ether oxygens (including phenoxy) is 1. The van der Waals surface area contributed by atoms with Crippen LogP contribution in [0.2, 0.25) is 5.15 Å². The van der Waals surface area contributed by atoms with E-state index in [4.69, 9.17) is 16.3 Å². The van der Waals surface area contributed by atoms with Crippen LogP contribution in [0.3, 0.4) is 0 Å². The number of carbonyl (C=O) groups excluding carboxylic acids is 1. The van der Waals surface area contributed by atoms with Gasteiger partial charge < -0.3 is 4.74 Å². The lowest BCUT2D eigenvalue weighted by molar-refractivity contribution is 0.0988. The number of aryl methyl sites for hydroxylation is 1. The standard InChI is InChI=1S/C16H18ClN3O4S/c1-11-7-13(25(22,23)20-5-6-24-2)4-3-12(11)8-15(21)14-9-16(17)19-10-18-14/h3-4,7,9-10,20H,5-6,8H2,1-2H3. The van der Waals surface area contributed by atoms with Crippen LogP contribution in [0.5, 0.6) is 0 Å². The number of Topliss-reactive ketones (excluding diaryl/α,β-unsaturated/α-hetero) is 1. The summed E-state index contributed by atoms with van der Waals surface area (Å²) in [5.74, 6) is -0.221. The average molecular weight is 384 g/mol. The van der Waals surface area contributed by atoms with Crippen LogP contribution in [0.15, 0.2) is 35.5 Å². The third kappa shape index (κ3) is 5.30. The van der Waals surface area contributed by atoms with Crippen molar-refractivity contribution >= 4 is 27.4 Å². The third-order valence-corrected chi connectivity index (χ3v) is 5.16. The van der Waals surface area contributed by atoms with Crippen molar-refractivity contribution in [2.45, 2.75) is 18.2 Å². The normalized spacial score (nSPS) is 11.5. The van der Waals surface area contributed by atoms with Crippen molar-refractivity contribution in [2.24, 2.45) is 0 Å². The fourth-order valence-corrected chi connectivity index (χ4v) is 3.39.